The van der Waals surface area contributed by atoms with Crippen molar-refractivity contribution >= 4 is 33.0 Å². The van der Waals surface area contributed by atoms with Crippen LogP contribution < -0.4 is 15.4 Å². The van der Waals surface area contributed by atoms with Crippen molar-refractivity contribution in [1.29, 1.82) is 0 Å². The lowest BCUT2D eigenvalue weighted by Gasteiger charge is -2.23. The Morgan fingerprint density at radius 1 is 1.09 bits per heavy atom. The number of rotatable bonds is 2. The number of nitrogens with two attached hydrogens (primary N) is 1. The summed E-state index contributed by atoms with van der Waals surface area (Å²) in [4.78, 5) is 11.9. The third-order valence-electron chi connectivity index (χ3n) is 3.43. The topological polar surface area (TPSA) is 92.5 Å². The second-order valence-electron chi connectivity index (χ2n) is 4.96. The zero-order chi connectivity index (χ0) is 15.7. The number of sulfonamides is 1. The zero-order valence-corrected chi connectivity index (χ0v) is 12.5. The van der Waals surface area contributed by atoms with E-state index in [1.807, 2.05) is 0 Å². The Kier molecular flexibility index (Phi) is 3.50. The number of carbonyl (C=O) groups is 1. The fraction of sp³-hybridized carbons (Fsp3) is 0.133. The van der Waals surface area contributed by atoms with E-state index in [0.29, 0.717) is 17.1 Å². The molecule has 6 nitrogen and oxygen atoms in total. The average molecular weight is 317 g/mol. The fourth-order valence-electron chi connectivity index (χ4n) is 2.38. The molecule has 1 aliphatic rings. The molecular formula is C15H15N3O3S. The lowest BCUT2D eigenvalue weighted by Crippen LogP contribution is -2.32. The molecule has 0 atom stereocenters. The number of carbonyl (C=O) groups excluding carboxylic acids is 1. The Balaban J connectivity index is 2.13. The molecule has 114 valence electrons. The highest BCUT2D eigenvalue weighted by Gasteiger charge is 2.29. The molecule has 0 aliphatic carbocycles. The Labute approximate surface area is 128 Å². The van der Waals surface area contributed by atoms with E-state index in [4.69, 9.17) is 5.73 Å². The van der Waals surface area contributed by atoms with Crippen LogP contribution in [0.3, 0.4) is 0 Å². The molecule has 2 aromatic rings. The van der Waals surface area contributed by atoms with Crippen LogP contribution in [-0.4, -0.2) is 20.9 Å². The summed E-state index contributed by atoms with van der Waals surface area (Å²) in [6.07, 6.45) is 0.0935. The molecule has 0 unspecified atom stereocenters. The highest BCUT2D eigenvalue weighted by molar-refractivity contribution is 7.92. The SMILES string of the molecule is Nc1cccc(S(=O)(=O)N2CCC(=O)Nc3ccccc32)c1. The Bertz CT molecular complexity index is 833. The first-order valence-corrected chi connectivity index (χ1v) is 8.19. The van der Waals surface area contributed by atoms with Gasteiger partial charge >= 0.3 is 0 Å². The highest BCUT2D eigenvalue weighted by Crippen LogP contribution is 2.33. The zero-order valence-electron chi connectivity index (χ0n) is 11.7. The van der Waals surface area contributed by atoms with Crippen LogP contribution in [0.5, 0.6) is 0 Å². The van der Waals surface area contributed by atoms with Crippen LogP contribution in [0.2, 0.25) is 0 Å². The van der Waals surface area contributed by atoms with Gasteiger partial charge in [0.15, 0.2) is 0 Å². The summed E-state index contributed by atoms with van der Waals surface area (Å²) in [6.45, 7) is 0.0833. The summed E-state index contributed by atoms with van der Waals surface area (Å²) in [7, 11) is -3.78. The summed E-state index contributed by atoms with van der Waals surface area (Å²) in [5.74, 6) is -0.210. The third-order valence-corrected chi connectivity index (χ3v) is 5.24. The molecule has 0 saturated heterocycles. The maximum Gasteiger partial charge on any atom is 0.264 e. The van der Waals surface area contributed by atoms with Crippen LogP contribution in [0.1, 0.15) is 6.42 Å². The molecule has 1 heterocycles. The monoisotopic (exact) mass is 317 g/mol. The first-order valence-electron chi connectivity index (χ1n) is 6.75. The van der Waals surface area contributed by atoms with Gasteiger partial charge < -0.3 is 11.1 Å². The first-order chi connectivity index (χ1) is 10.5. The van der Waals surface area contributed by atoms with Gasteiger partial charge in [-0.05, 0) is 30.3 Å². The molecule has 0 aromatic heterocycles. The minimum Gasteiger partial charge on any atom is -0.399 e. The standard InChI is InChI=1S/C15H15N3O3S/c16-11-4-3-5-12(10-11)22(20,21)18-9-8-15(19)17-13-6-1-2-7-14(13)18/h1-7,10H,8-9,16H2,(H,17,19). The molecule has 1 aliphatic heterocycles. The van der Waals surface area contributed by atoms with Gasteiger partial charge in [0.2, 0.25) is 5.91 Å². The van der Waals surface area contributed by atoms with Gasteiger partial charge in [-0.1, -0.05) is 18.2 Å². The largest absolute Gasteiger partial charge is 0.399 e. The van der Waals surface area contributed by atoms with E-state index in [1.54, 1.807) is 36.4 Å². The summed E-state index contributed by atoms with van der Waals surface area (Å²) in [5.41, 5.74) is 6.99. The van der Waals surface area contributed by atoms with Crippen LogP contribution in [0, 0.1) is 0 Å². The van der Waals surface area contributed by atoms with E-state index in [9.17, 15) is 13.2 Å². The van der Waals surface area contributed by atoms with Gasteiger partial charge in [0.25, 0.3) is 10.0 Å². The number of nitrogen functional groups attached to an aromatic ring is 1. The van der Waals surface area contributed by atoms with Crippen LogP contribution in [0.25, 0.3) is 0 Å². The van der Waals surface area contributed by atoms with Crippen molar-refractivity contribution < 1.29 is 13.2 Å². The molecule has 0 spiro atoms. The Morgan fingerprint density at radius 3 is 2.64 bits per heavy atom. The predicted molar refractivity (Wildman–Crippen MR) is 85.1 cm³/mol. The number of amides is 1. The minimum absolute atomic E-state index is 0.0833. The maximum absolute atomic E-state index is 12.9. The van der Waals surface area contributed by atoms with Crippen molar-refractivity contribution in [3.05, 3.63) is 48.5 Å². The average Bonchev–Trinajstić information content (AvgIpc) is 2.65. The summed E-state index contributed by atoms with van der Waals surface area (Å²) < 4.78 is 27.0. The van der Waals surface area contributed by atoms with Crippen molar-refractivity contribution in [2.75, 3.05) is 21.9 Å². The van der Waals surface area contributed by atoms with Crippen LogP contribution in [0.15, 0.2) is 53.4 Å². The Hall–Kier alpha value is -2.54. The molecule has 2 aromatic carbocycles. The maximum atomic E-state index is 12.9. The summed E-state index contributed by atoms with van der Waals surface area (Å²) in [6, 6.07) is 13.0. The molecule has 0 saturated carbocycles. The molecule has 7 heteroatoms. The van der Waals surface area contributed by atoms with E-state index >= 15 is 0 Å². The number of nitrogens with one attached hydrogen (secondary N) is 1. The predicted octanol–water partition coefficient (Wildman–Crippen LogP) is 1.81. The molecule has 3 N–H and O–H groups in total. The normalized spacial score (nSPS) is 14.9. The van der Waals surface area contributed by atoms with Crippen LogP contribution >= 0.6 is 0 Å². The number of fused-ring (bicyclic) bond motifs is 1. The summed E-state index contributed by atoms with van der Waals surface area (Å²) in [5, 5.41) is 2.72. The second-order valence-corrected chi connectivity index (χ2v) is 6.83. The van der Waals surface area contributed by atoms with E-state index in [-0.39, 0.29) is 23.8 Å². The number of hydrogen-bond acceptors (Lipinski definition) is 4. The second kappa shape index (κ2) is 5.34. The summed E-state index contributed by atoms with van der Waals surface area (Å²) >= 11 is 0. The number of hydrogen-bond donors (Lipinski definition) is 2. The van der Waals surface area contributed by atoms with Gasteiger partial charge in [0.05, 0.1) is 16.3 Å². The third kappa shape index (κ3) is 2.50. The van der Waals surface area contributed by atoms with Crippen molar-refractivity contribution in [1.82, 2.24) is 0 Å². The van der Waals surface area contributed by atoms with Gasteiger partial charge in [-0.15, -0.1) is 0 Å². The first kappa shape index (κ1) is 14.4. The van der Waals surface area contributed by atoms with Gasteiger partial charge in [-0.3, -0.25) is 9.10 Å². The van der Waals surface area contributed by atoms with E-state index in [0.717, 1.165) is 0 Å². The van der Waals surface area contributed by atoms with Gasteiger partial charge in [0.1, 0.15) is 0 Å². The Morgan fingerprint density at radius 2 is 1.86 bits per heavy atom. The molecular weight excluding hydrogens is 302 g/mol. The molecule has 1 amide bonds. The molecule has 0 bridgehead atoms. The highest BCUT2D eigenvalue weighted by atomic mass is 32.2. The minimum atomic E-state index is -3.78. The van der Waals surface area contributed by atoms with E-state index < -0.39 is 10.0 Å². The van der Waals surface area contributed by atoms with Gasteiger partial charge in [0, 0.05) is 18.7 Å². The van der Waals surface area contributed by atoms with Crippen molar-refractivity contribution in [3.63, 3.8) is 0 Å². The van der Waals surface area contributed by atoms with E-state index in [1.165, 1.54) is 16.4 Å². The molecule has 3 rings (SSSR count). The van der Waals surface area contributed by atoms with E-state index in [2.05, 4.69) is 5.32 Å². The lowest BCUT2D eigenvalue weighted by atomic mass is 10.2. The van der Waals surface area contributed by atoms with Gasteiger partial charge in [-0.2, -0.15) is 0 Å². The van der Waals surface area contributed by atoms with Crippen molar-refractivity contribution in [2.24, 2.45) is 0 Å². The number of para-hydroxylation sites is 2. The smallest absolute Gasteiger partial charge is 0.264 e. The van der Waals surface area contributed by atoms with Crippen LogP contribution in [0.4, 0.5) is 17.1 Å². The lowest BCUT2D eigenvalue weighted by molar-refractivity contribution is -0.115. The van der Waals surface area contributed by atoms with Crippen molar-refractivity contribution in [3.8, 4) is 0 Å². The number of benzene rings is 2. The number of anilines is 3. The number of nitrogens with zero attached hydrogens (tertiary/aromatic N) is 1. The van der Waals surface area contributed by atoms with Gasteiger partial charge in [-0.25, -0.2) is 8.42 Å². The molecule has 0 fully saturated rings. The van der Waals surface area contributed by atoms with Crippen molar-refractivity contribution in [2.45, 2.75) is 11.3 Å². The van der Waals surface area contributed by atoms with Crippen LogP contribution in [-0.2, 0) is 14.8 Å². The quantitative estimate of drug-likeness (QED) is 0.826. The fourth-order valence-corrected chi connectivity index (χ4v) is 3.92. The molecule has 0 radical (unpaired) electrons. The molecule has 22 heavy (non-hydrogen) atoms.